The molecule has 3 heterocycles. The van der Waals surface area contributed by atoms with E-state index >= 15 is 0 Å². The van der Waals surface area contributed by atoms with Gasteiger partial charge in [0.05, 0.1) is 5.92 Å². The maximum absolute atomic E-state index is 13.4. The second-order valence-electron chi connectivity index (χ2n) is 6.39. The second-order valence-corrected chi connectivity index (χ2v) is 6.39. The lowest BCUT2D eigenvalue weighted by Gasteiger charge is -2.31. The van der Waals surface area contributed by atoms with E-state index in [0.717, 1.165) is 43.6 Å². The molecule has 1 aliphatic heterocycles. The first-order valence-electron chi connectivity index (χ1n) is 8.48. The molecule has 1 fully saturated rings. The van der Waals surface area contributed by atoms with Crippen molar-refractivity contribution in [3.8, 4) is 11.5 Å². The summed E-state index contributed by atoms with van der Waals surface area (Å²) in [4.78, 5) is 6.32. The zero-order valence-corrected chi connectivity index (χ0v) is 13.8. The van der Waals surface area contributed by atoms with Crippen molar-refractivity contribution in [1.29, 1.82) is 0 Å². The van der Waals surface area contributed by atoms with Gasteiger partial charge >= 0.3 is 0 Å². The first kappa shape index (κ1) is 15.9. The standard InChI is InChI=1S/C19H19FN4O/c20-17-5-1-3-14(11-17)12-24-10-2-4-16(13-24)19-23-22-18(25-19)15-6-8-21-9-7-15/h1,3,5-9,11,16H,2,4,10,12-13H2. The van der Waals surface area contributed by atoms with E-state index in [-0.39, 0.29) is 11.7 Å². The van der Waals surface area contributed by atoms with E-state index in [2.05, 4.69) is 20.1 Å². The Kier molecular flexibility index (Phi) is 4.52. The molecular formula is C19H19FN4O. The Morgan fingerprint density at radius 2 is 2.04 bits per heavy atom. The molecule has 6 heteroatoms. The highest BCUT2D eigenvalue weighted by molar-refractivity contribution is 5.50. The number of hydrogen-bond donors (Lipinski definition) is 0. The minimum absolute atomic E-state index is 0.190. The molecular weight excluding hydrogens is 319 g/mol. The van der Waals surface area contributed by atoms with Gasteiger partial charge in [-0.05, 0) is 49.2 Å². The average molecular weight is 338 g/mol. The van der Waals surface area contributed by atoms with Crippen molar-refractivity contribution < 1.29 is 8.81 Å². The number of benzene rings is 1. The van der Waals surface area contributed by atoms with Gasteiger partial charge in [-0.25, -0.2) is 4.39 Å². The van der Waals surface area contributed by atoms with Crippen LogP contribution in [-0.2, 0) is 6.54 Å². The first-order chi connectivity index (χ1) is 12.3. The van der Waals surface area contributed by atoms with Gasteiger partial charge in [-0.2, -0.15) is 0 Å². The predicted octanol–water partition coefficient (Wildman–Crippen LogP) is 3.65. The van der Waals surface area contributed by atoms with Crippen molar-refractivity contribution in [3.05, 3.63) is 66.1 Å². The molecule has 5 nitrogen and oxygen atoms in total. The van der Waals surface area contributed by atoms with E-state index in [1.165, 1.54) is 6.07 Å². The van der Waals surface area contributed by atoms with Crippen molar-refractivity contribution in [2.24, 2.45) is 0 Å². The van der Waals surface area contributed by atoms with E-state index < -0.39 is 0 Å². The molecule has 0 spiro atoms. The Morgan fingerprint density at radius 1 is 1.16 bits per heavy atom. The molecule has 0 amide bonds. The summed E-state index contributed by atoms with van der Waals surface area (Å²) in [5, 5.41) is 8.42. The number of hydrogen-bond acceptors (Lipinski definition) is 5. The Morgan fingerprint density at radius 3 is 2.88 bits per heavy atom. The van der Waals surface area contributed by atoms with Crippen molar-refractivity contribution in [1.82, 2.24) is 20.1 Å². The molecule has 1 unspecified atom stereocenters. The molecule has 0 saturated carbocycles. The summed E-state index contributed by atoms with van der Waals surface area (Å²) >= 11 is 0. The number of likely N-dealkylation sites (tertiary alicyclic amines) is 1. The smallest absolute Gasteiger partial charge is 0.247 e. The summed E-state index contributed by atoms with van der Waals surface area (Å²) in [5.41, 5.74) is 1.87. The summed E-state index contributed by atoms with van der Waals surface area (Å²) in [6.45, 7) is 2.58. The fourth-order valence-corrected chi connectivity index (χ4v) is 3.30. The Hall–Kier alpha value is -2.60. The Balaban J connectivity index is 1.45. The van der Waals surface area contributed by atoms with Crippen LogP contribution in [0.25, 0.3) is 11.5 Å². The van der Waals surface area contributed by atoms with E-state index in [0.29, 0.717) is 11.8 Å². The van der Waals surface area contributed by atoms with Gasteiger partial charge in [0.15, 0.2) is 0 Å². The van der Waals surface area contributed by atoms with Gasteiger partial charge in [0.25, 0.3) is 0 Å². The topological polar surface area (TPSA) is 55.1 Å². The van der Waals surface area contributed by atoms with E-state index in [9.17, 15) is 4.39 Å². The summed E-state index contributed by atoms with van der Waals surface area (Å²) in [6.07, 6.45) is 5.51. The molecule has 1 aliphatic rings. The highest BCUT2D eigenvalue weighted by Crippen LogP contribution is 2.29. The van der Waals surface area contributed by atoms with E-state index in [1.807, 2.05) is 18.2 Å². The van der Waals surface area contributed by atoms with Crippen LogP contribution in [0.1, 0.15) is 30.2 Å². The van der Waals surface area contributed by atoms with Crippen LogP contribution in [0.4, 0.5) is 4.39 Å². The molecule has 0 N–H and O–H groups in total. The second kappa shape index (κ2) is 7.11. The monoisotopic (exact) mass is 338 g/mol. The molecule has 25 heavy (non-hydrogen) atoms. The number of rotatable bonds is 4. The molecule has 1 saturated heterocycles. The number of piperidine rings is 1. The third-order valence-corrected chi connectivity index (χ3v) is 4.52. The summed E-state index contributed by atoms with van der Waals surface area (Å²) < 4.78 is 19.3. The Labute approximate surface area is 145 Å². The predicted molar refractivity (Wildman–Crippen MR) is 91.2 cm³/mol. The fraction of sp³-hybridized carbons (Fsp3) is 0.316. The first-order valence-corrected chi connectivity index (χ1v) is 8.48. The summed E-state index contributed by atoms with van der Waals surface area (Å²) in [6, 6.07) is 10.5. The third kappa shape index (κ3) is 3.74. The fourth-order valence-electron chi connectivity index (χ4n) is 3.30. The van der Waals surface area contributed by atoms with Gasteiger partial charge < -0.3 is 4.42 Å². The van der Waals surface area contributed by atoms with Gasteiger partial charge in [-0.3, -0.25) is 9.88 Å². The van der Waals surface area contributed by atoms with Crippen molar-refractivity contribution in [3.63, 3.8) is 0 Å². The van der Waals surface area contributed by atoms with Crippen LogP contribution in [0.15, 0.2) is 53.2 Å². The van der Waals surface area contributed by atoms with Crippen molar-refractivity contribution >= 4 is 0 Å². The van der Waals surface area contributed by atoms with Crippen LogP contribution in [0, 0.1) is 5.82 Å². The van der Waals surface area contributed by atoms with Crippen molar-refractivity contribution in [2.75, 3.05) is 13.1 Å². The zero-order valence-electron chi connectivity index (χ0n) is 13.8. The molecule has 2 aromatic heterocycles. The molecule has 128 valence electrons. The Bertz CT molecular complexity index is 836. The molecule has 0 aliphatic carbocycles. The highest BCUT2D eigenvalue weighted by atomic mass is 19.1. The summed E-state index contributed by atoms with van der Waals surface area (Å²) in [7, 11) is 0. The van der Waals surface area contributed by atoms with Crippen LogP contribution in [0.5, 0.6) is 0 Å². The molecule has 0 bridgehead atoms. The van der Waals surface area contributed by atoms with Gasteiger partial charge in [0, 0.05) is 31.0 Å². The van der Waals surface area contributed by atoms with Gasteiger partial charge in [0.2, 0.25) is 11.8 Å². The lowest BCUT2D eigenvalue weighted by atomic mass is 9.97. The minimum Gasteiger partial charge on any atom is -0.420 e. The van der Waals surface area contributed by atoms with Crippen LogP contribution < -0.4 is 0 Å². The van der Waals surface area contributed by atoms with Gasteiger partial charge in [-0.15, -0.1) is 10.2 Å². The van der Waals surface area contributed by atoms with E-state index in [4.69, 9.17) is 4.42 Å². The maximum Gasteiger partial charge on any atom is 0.247 e. The minimum atomic E-state index is -0.190. The highest BCUT2D eigenvalue weighted by Gasteiger charge is 2.26. The molecule has 0 radical (unpaired) electrons. The number of halogens is 1. The van der Waals surface area contributed by atoms with E-state index in [1.54, 1.807) is 24.5 Å². The summed E-state index contributed by atoms with van der Waals surface area (Å²) in [5.74, 6) is 1.23. The zero-order chi connectivity index (χ0) is 17.1. The molecule has 1 atom stereocenters. The van der Waals surface area contributed by atoms with Gasteiger partial charge in [0.1, 0.15) is 5.82 Å². The lowest BCUT2D eigenvalue weighted by molar-refractivity contribution is 0.186. The maximum atomic E-state index is 13.4. The van der Waals surface area contributed by atoms with Crippen LogP contribution in [0.3, 0.4) is 0 Å². The van der Waals surface area contributed by atoms with Crippen LogP contribution in [-0.4, -0.2) is 33.2 Å². The lowest BCUT2D eigenvalue weighted by Crippen LogP contribution is -2.34. The van der Waals surface area contributed by atoms with Gasteiger partial charge in [-0.1, -0.05) is 12.1 Å². The molecule has 1 aromatic carbocycles. The number of nitrogens with zero attached hydrogens (tertiary/aromatic N) is 4. The molecule has 4 rings (SSSR count). The SMILES string of the molecule is Fc1cccc(CN2CCCC(c3nnc(-c4ccncc4)o3)C2)c1. The molecule has 3 aromatic rings. The largest absolute Gasteiger partial charge is 0.420 e. The average Bonchev–Trinajstić information content (AvgIpc) is 3.13. The number of pyridine rings is 1. The third-order valence-electron chi connectivity index (χ3n) is 4.52. The van der Waals surface area contributed by atoms with Crippen LogP contribution >= 0.6 is 0 Å². The van der Waals surface area contributed by atoms with Crippen molar-refractivity contribution in [2.45, 2.75) is 25.3 Å². The van der Waals surface area contributed by atoms with Crippen LogP contribution in [0.2, 0.25) is 0 Å². The quantitative estimate of drug-likeness (QED) is 0.727. The normalized spacial score (nSPS) is 18.4. The number of aromatic nitrogens is 3.